The number of benzene rings is 2. The van der Waals surface area contributed by atoms with Gasteiger partial charge in [-0.25, -0.2) is 0 Å². The molecule has 0 bridgehead atoms. The van der Waals surface area contributed by atoms with Crippen LogP contribution in [0.5, 0.6) is 0 Å². The smallest absolute Gasteiger partial charge is 0.230 e. The van der Waals surface area contributed by atoms with Crippen molar-refractivity contribution in [3.05, 3.63) is 48.2 Å². The Balaban J connectivity index is 1.58. The molecule has 4 rings (SSSR count). The molecular weight excluding hydrogens is 302 g/mol. The Kier molecular flexibility index (Phi) is 3.98. The van der Waals surface area contributed by atoms with E-state index in [1.54, 1.807) is 0 Å². The van der Waals surface area contributed by atoms with Gasteiger partial charge in [-0.1, -0.05) is 30.3 Å². The van der Waals surface area contributed by atoms with Crippen molar-refractivity contribution >= 4 is 27.6 Å². The largest absolute Gasteiger partial charge is 0.461 e. The summed E-state index contributed by atoms with van der Waals surface area (Å²) in [6, 6.07) is 14.2. The van der Waals surface area contributed by atoms with Crippen molar-refractivity contribution < 1.29 is 14.3 Å². The van der Waals surface area contributed by atoms with Crippen molar-refractivity contribution in [1.82, 2.24) is 4.90 Å². The number of carbonyl (C=O) groups excluding carboxylic acids is 1. The number of hydrogen-bond acceptors (Lipinski definition) is 3. The summed E-state index contributed by atoms with van der Waals surface area (Å²) in [5.74, 6) is 0.997. The first-order valence-corrected chi connectivity index (χ1v) is 8.53. The maximum Gasteiger partial charge on any atom is 0.230 e. The van der Waals surface area contributed by atoms with Gasteiger partial charge in [0.25, 0.3) is 0 Å². The highest BCUT2D eigenvalue weighted by atomic mass is 16.3. The Morgan fingerprint density at radius 3 is 2.96 bits per heavy atom. The van der Waals surface area contributed by atoms with E-state index >= 15 is 0 Å². The highest BCUT2D eigenvalue weighted by Gasteiger charge is 2.24. The van der Waals surface area contributed by atoms with E-state index in [9.17, 15) is 9.90 Å². The van der Waals surface area contributed by atoms with Gasteiger partial charge in [0, 0.05) is 25.1 Å². The average molecular weight is 323 g/mol. The fraction of sp³-hybridized carbons (Fsp3) is 0.350. The topological polar surface area (TPSA) is 53.7 Å². The number of hydrogen-bond donors (Lipinski definition) is 1. The average Bonchev–Trinajstić information content (AvgIpc) is 3.04. The molecule has 24 heavy (non-hydrogen) atoms. The lowest BCUT2D eigenvalue weighted by Crippen LogP contribution is -2.41. The van der Waals surface area contributed by atoms with Crippen LogP contribution in [0.15, 0.2) is 46.9 Å². The predicted octanol–water partition coefficient (Wildman–Crippen LogP) is 3.36. The van der Waals surface area contributed by atoms with Crippen LogP contribution in [0.25, 0.3) is 21.7 Å². The Morgan fingerprint density at radius 1 is 1.21 bits per heavy atom. The third-order valence-electron chi connectivity index (χ3n) is 4.93. The summed E-state index contributed by atoms with van der Waals surface area (Å²) < 4.78 is 5.89. The summed E-state index contributed by atoms with van der Waals surface area (Å²) in [6.45, 7) is 1.58. The van der Waals surface area contributed by atoms with E-state index in [0.717, 1.165) is 35.7 Å². The minimum atomic E-state index is 0.0801. The third kappa shape index (κ3) is 2.78. The van der Waals surface area contributed by atoms with E-state index in [4.69, 9.17) is 4.42 Å². The molecule has 1 unspecified atom stereocenters. The molecule has 1 saturated heterocycles. The molecule has 2 heterocycles. The lowest BCUT2D eigenvalue weighted by atomic mass is 9.99. The minimum absolute atomic E-state index is 0.0801. The molecule has 1 N–H and O–H groups in total. The van der Waals surface area contributed by atoms with Crippen molar-refractivity contribution in [1.29, 1.82) is 0 Å². The zero-order chi connectivity index (χ0) is 16.5. The predicted molar refractivity (Wildman–Crippen MR) is 93.8 cm³/mol. The molecule has 1 aliphatic heterocycles. The van der Waals surface area contributed by atoms with Crippen molar-refractivity contribution in [2.45, 2.75) is 19.3 Å². The number of fused-ring (bicyclic) bond motifs is 3. The fourth-order valence-electron chi connectivity index (χ4n) is 3.63. The van der Waals surface area contributed by atoms with Crippen LogP contribution in [-0.2, 0) is 11.2 Å². The Hall–Kier alpha value is -2.33. The van der Waals surface area contributed by atoms with E-state index in [0.29, 0.717) is 12.3 Å². The van der Waals surface area contributed by atoms with Gasteiger partial charge < -0.3 is 14.4 Å². The van der Waals surface area contributed by atoms with Crippen LogP contribution in [0.3, 0.4) is 0 Å². The monoisotopic (exact) mass is 323 g/mol. The number of piperidine rings is 1. The number of amides is 1. The van der Waals surface area contributed by atoms with Gasteiger partial charge in [-0.2, -0.15) is 0 Å². The van der Waals surface area contributed by atoms with E-state index in [2.05, 4.69) is 12.1 Å². The van der Waals surface area contributed by atoms with Gasteiger partial charge in [0.15, 0.2) is 0 Å². The second-order valence-electron chi connectivity index (χ2n) is 6.62. The minimum Gasteiger partial charge on any atom is -0.461 e. The maximum absolute atomic E-state index is 12.6. The lowest BCUT2D eigenvalue weighted by Gasteiger charge is -2.31. The Morgan fingerprint density at radius 2 is 2.08 bits per heavy atom. The summed E-state index contributed by atoms with van der Waals surface area (Å²) in [7, 11) is 0. The summed E-state index contributed by atoms with van der Waals surface area (Å²) in [4.78, 5) is 14.4. The quantitative estimate of drug-likeness (QED) is 0.804. The third-order valence-corrected chi connectivity index (χ3v) is 4.93. The lowest BCUT2D eigenvalue weighted by molar-refractivity contribution is -0.132. The van der Waals surface area contributed by atoms with Crippen LogP contribution in [0.1, 0.15) is 18.6 Å². The van der Waals surface area contributed by atoms with Gasteiger partial charge in [-0.05, 0) is 41.7 Å². The fourth-order valence-corrected chi connectivity index (χ4v) is 3.63. The molecule has 4 heteroatoms. The standard InChI is InChI=1S/C20H21NO3/c22-13-14-4-3-9-21(12-14)20(23)11-16-10-18-17-6-2-1-5-15(17)7-8-19(18)24-16/h1-2,5-8,10,14,22H,3-4,9,11-13H2. The normalized spacial score (nSPS) is 18.4. The molecule has 1 fully saturated rings. The summed E-state index contributed by atoms with van der Waals surface area (Å²) in [5.41, 5.74) is 0.823. The van der Waals surface area contributed by atoms with Gasteiger partial charge in [0.05, 0.1) is 6.42 Å². The van der Waals surface area contributed by atoms with Crippen molar-refractivity contribution in [2.24, 2.45) is 5.92 Å². The molecule has 1 amide bonds. The van der Waals surface area contributed by atoms with Gasteiger partial charge in [0.2, 0.25) is 5.91 Å². The second kappa shape index (κ2) is 6.29. The molecule has 2 aromatic carbocycles. The number of likely N-dealkylation sites (tertiary alicyclic amines) is 1. The highest BCUT2D eigenvalue weighted by molar-refractivity contribution is 6.06. The first-order valence-electron chi connectivity index (χ1n) is 8.53. The van der Waals surface area contributed by atoms with Crippen LogP contribution >= 0.6 is 0 Å². The van der Waals surface area contributed by atoms with Gasteiger partial charge in [0.1, 0.15) is 11.3 Å². The summed E-state index contributed by atoms with van der Waals surface area (Å²) in [5, 5.41) is 12.7. The second-order valence-corrected chi connectivity index (χ2v) is 6.62. The molecule has 0 saturated carbocycles. The number of furan rings is 1. The Labute approximate surface area is 140 Å². The van der Waals surface area contributed by atoms with E-state index in [-0.39, 0.29) is 24.9 Å². The molecule has 1 aromatic heterocycles. The highest BCUT2D eigenvalue weighted by Crippen LogP contribution is 2.28. The number of aliphatic hydroxyl groups is 1. The molecule has 1 atom stereocenters. The summed E-state index contributed by atoms with van der Waals surface area (Å²) >= 11 is 0. The molecule has 0 spiro atoms. The van der Waals surface area contributed by atoms with Gasteiger partial charge >= 0.3 is 0 Å². The van der Waals surface area contributed by atoms with Crippen LogP contribution in [0.2, 0.25) is 0 Å². The zero-order valence-electron chi connectivity index (χ0n) is 13.6. The molecular formula is C20H21NO3. The molecule has 0 radical (unpaired) electrons. The molecule has 4 nitrogen and oxygen atoms in total. The molecule has 0 aliphatic carbocycles. The van der Waals surface area contributed by atoms with Gasteiger partial charge in [-0.3, -0.25) is 4.79 Å². The van der Waals surface area contributed by atoms with E-state index in [1.807, 2.05) is 35.2 Å². The van der Waals surface area contributed by atoms with E-state index in [1.165, 1.54) is 5.39 Å². The van der Waals surface area contributed by atoms with Crippen molar-refractivity contribution in [3.8, 4) is 0 Å². The van der Waals surface area contributed by atoms with Crippen LogP contribution in [0.4, 0.5) is 0 Å². The Bertz CT molecular complexity index is 883. The first-order chi connectivity index (χ1) is 11.7. The number of nitrogens with zero attached hydrogens (tertiary/aromatic N) is 1. The number of carbonyl (C=O) groups is 1. The number of aliphatic hydroxyl groups excluding tert-OH is 1. The molecule has 124 valence electrons. The SMILES string of the molecule is O=C(Cc1cc2c(ccc3ccccc32)o1)N1CCCC(CO)C1. The van der Waals surface area contributed by atoms with Crippen LogP contribution in [0, 0.1) is 5.92 Å². The maximum atomic E-state index is 12.6. The number of rotatable bonds is 3. The van der Waals surface area contributed by atoms with Crippen molar-refractivity contribution in [3.63, 3.8) is 0 Å². The van der Waals surface area contributed by atoms with Crippen molar-refractivity contribution in [2.75, 3.05) is 19.7 Å². The molecule has 3 aromatic rings. The van der Waals surface area contributed by atoms with Crippen LogP contribution in [-0.4, -0.2) is 35.6 Å². The van der Waals surface area contributed by atoms with E-state index < -0.39 is 0 Å². The summed E-state index contributed by atoms with van der Waals surface area (Å²) in [6.07, 6.45) is 2.24. The first kappa shape index (κ1) is 15.2. The van der Waals surface area contributed by atoms with Gasteiger partial charge in [-0.15, -0.1) is 0 Å². The van der Waals surface area contributed by atoms with Crippen LogP contribution < -0.4 is 0 Å². The molecule has 1 aliphatic rings. The zero-order valence-corrected chi connectivity index (χ0v) is 13.6.